The molecule has 2 heterocycles. The van der Waals surface area contributed by atoms with Crippen LogP contribution in [0.4, 0.5) is 11.4 Å². The van der Waals surface area contributed by atoms with Crippen molar-refractivity contribution in [2.24, 2.45) is 0 Å². The zero-order valence-electron chi connectivity index (χ0n) is 15.1. The molecular formula is C20H23N3O3. The fraction of sp³-hybridized carbons (Fsp3) is 0.350. The lowest BCUT2D eigenvalue weighted by Gasteiger charge is -2.22. The highest BCUT2D eigenvalue weighted by atomic mass is 16.5. The summed E-state index contributed by atoms with van der Waals surface area (Å²) in [4.78, 5) is 30.3. The summed E-state index contributed by atoms with van der Waals surface area (Å²) >= 11 is 0. The van der Waals surface area contributed by atoms with Crippen molar-refractivity contribution in [3.05, 3.63) is 48.3 Å². The average molecular weight is 353 g/mol. The molecule has 3 rings (SSSR count). The fourth-order valence-electron chi connectivity index (χ4n) is 2.97. The highest BCUT2D eigenvalue weighted by Crippen LogP contribution is 2.30. The summed E-state index contributed by atoms with van der Waals surface area (Å²) in [5.41, 5.74) is 2.29. The molecule has 1 aromatic carbocycles. The summed E-state index contributed by atoms with van der Waals surface area (Å²) in [5, 5.41) is 2.80. The molecule has 0 bridgehead atoms. The van der Waals surface area contributed by atoms with Crippen LogP contribution in [-0.4, -0.2) is 29.9 Å². The minimum atomic E-state index is -0.199. The van der Waals surface area contributed by atoms with E-state index in [1.165, 1.54) is 0 Å². The van der Waals surface area contributed by atoms with Crippen LogP contribution < -0.4 is 15.0 Å². The van der Waals surface area contributed by atoms with Crippen molar-refractivity contribution < 1.29 is 14.3 Å². The second-order valence-corrected chi connectivity index (χ2v) is 6.37. The van der Waals surface area contributed by atoms with Crippen LogP contribution in [0.15, 0.2) is 42.7 Å². The van der Waals surface area contributed by atoms with E-state index in [4.69, 9.17) is 4.74 Å². The molecule has 0 aliphatic carbocycles. The zero-order valence-corrected chi connectivity index (χ0v) is 15.1. The van der Waals surface area contributed by atoms with E-state index in [0.717, 1.165) is 17.7 Å². The van der Waals surface area contributed by atoms with Gasteiger partial charge in [0.25, 0.3) is 5.91 Å². The second kappa shape index (κ2) is 7.99. The maximum atomic E-state index is 12.8. The molecule has 6 heteroatoms. The topological polar surface area (TPSA) is 71.5 Å². The van der Waals surface area contributed by atoms with E-state index >= 15 is 0 Å². The van der Waals surface area contributed by atoms with Crippen LogP contribution in [0, 0.1) is 0 Å². The number of benzene rings is 1. The first kappa shape index (κ1) is 17.9. The molecule has 1 aromatic heterocycles. The number of nitrogens with one attached hydrogen (secondary N) is 1. The van der Waals surface area contributed by atoms with Gasteiger partial charge in [-0.25, -0.2) is 0 Å². The molecule has 0 saturated carbocycles. The first-order valence-corrected chi connectivity index (χ1v) is 8.86. The molecule has 26 heavy (non-hydrogen) atoms. The maximum Gasteiger partial charge on any atom is 0.265 e. The van der Waals surface area contributed by atoms with Crippen molar-refractivity contribution in [2.45, 2.75) is 32.6 Å². The lowest BCUT2D eigenvalue weighted by molar-refractivity contribution is -0.120. The maximum absolute atomic E-state index is 12.8. The van der Waals surface area contributed by atoms with Crippen LogP contribution in [0.1, 0.15) is 38.2 Å². The molecule has 1 aliphatic heterocycles. The molecule has 1 unspecified atom stereocenters. The van der Waals surface area contributed by atoms with Crippen molar-refractivity contribution in [2.75, 3.05) is 23.4 Å². The molecule has 1 atom stereocenters. The van der Waals surface area contributed by atoms with Gasteiger partial charge >= 0.3 is 0 Å². The first-order chi connectivity index (χ1) is 12.6. The molecule has 0 saturated heterocycles. The Morgan fingerprint density at radius 3 is 2.96 bits per heavy atom. The predicted molar refractivity (Wildman–Crippen MR) is 100 cm³/mol. The van der Waals surface area contributed by atoms with Crippen LogP contribution in [-0.2, 0) is 9.59 Å². The third kappa shape index (κ3) is 3.85. The predicted octanol–water partition coefficient (Wildman–Crippen LogP) is 3.35. The van der Waals surface area contributed by atoms with Gasteiger partial charge in [-0.3, -0.25) is 14.6 Å². The number of carbonyl (C=O) groups excluding carboxylic acids is 2. The lowest BCUT2D eigenvalue weighted by Crippen LogP contribution is -2.36. The first-order valence-electron chi connectivity index (χ1n) is 8.86. The Hall–Kier alpha value is -2.89. The fourth-order valence-corrected chi connectivity index (χ4v) is 2.97. The van der Waals surface area contributed by atoms with Crippen molar-refractivity contribution in [1.29, 1.82) is 0 Å². The van der Waals surface area contributed by atoms with Crippen LogP contribution in [0.3, 0.4) is 0 Å². The number of ether oxygens (including phenoxy) is 1. The van der Waals surface area contributed by atoms with Crippen LogP contribution in [0.2, 0.25) is 0 Å². The molecular weight excluding hydrogens is 330 g/mol. The molecule has 6 nitrogen and oxygen atoms in total. The zero-order chi connectivity index (χ0) is 18.5. The van der Waals surface area contributed by atoms with Gasteiger partial charge in [-0.2, -0.15) is 0 Å². The van der Waals surface area contributed by atoms with Crippen molar-refractivity contribution >= 4 is 23.2 Å². The van der Waals surface area contributed by atoms with E-state index in [1.54, 1.807) is 23.4 Å². The lowest BCUT2D eigenvalue weighted by atomic mass is 9.98. The smallest absolute Gasteiger partial charge is 0.265 e. The summed E-state index contributed by atoms with van der Waals surface area (Å²) in [6.45, 7) is 4.48. The highest BCUT2D eigenvalue weighted by Gasteiger charge is 2.24. The molecule has 2 aromatic rings. The molecule has 136 valence electrons. The Morgan fingerprint density at radius 1 is 1.35 bits per heavy atom. The quantitative estimate of drug-likeness (QED) is 0.895. The molecule has 1 N–H and O–H groups in total. The number of rotatable bonds is 5. The van der Waals surface area contributed by atoms with Crippen molar-refractivity contribution in [3.8, 4) is 5.75 Å². The number of hydrogen-bond acceptors (Lipinski definition) is 4. The summed E-state index contributed by atoms with van der Waals surface area (Å²) in [6.07, 6.45) is 4.41. The van der Waals surface area contributed by atoms with Crippen molar-refractivity contribution in [1.82, 2.24) is 4.98 Å². The Bertz CT molecular complexity index is 806. The van der Waals surface area contributed by atoms with Gasteiger partial charge in [0.05, 0.1) is 17.6 Å². The van der Waals surface area contributed by atoms with Gasteiger partial charge in [0, 0.05) is 19.2 Å². The Balaban J connectivity index is 1.76. The SMILES string of the molecule is CCC(C)c1ccccc1OCC(=O)N1CCC(=O)Nc2ccncc21. The Kier molecular flexibility index (Phi) is 5.51. The number of anilines is 2. The third-order valence-corrected chi connectivity index (χ3v) is 4.64. The van der Waals surface area contributed by atoms with Gasteiger partial charge in [0.15, 0.2) is 6.61 Å². The highest BCUT2D eigenvalue weighted by molar-refractivity contribution is 6.03. The largest absolute Gasteiger partial charge is 0.483 e. The number of para-hydroxylation sites is 1. The van der Waals surface area contributed by atoms with Crippen LogP contribution in [0.25, 0.3) is 0 Å². The molecule has 0 fully saturated rings. The van der Waals surface area contributed by atoms with Gasteiger partial charge in [-0.15, -0.1) is 0 Å². The number of carbonyl (C=O) groups is 2. The van der Waals surface area contributed by atoms with Gasteiger partial charge in [-0.1, -0.05) is 32.0 Å². The van der Waals surface area contributed by atoms with E-state index < -0.39 is 0 Å². The summed E-state index contributed by atoms with van der Waals surface area (Å²) in [6, 6.07) is 9.49. The van der Waals surface area contributed by atoms with Crippen LogP contribution >= 0.6 is 0 Å². The summed E-state index contributed by atoms with van der Waals surface area (Å²) < 4.78 is 5.84. The van der Waals surface area contributed by atoms with E-state index in [1.807, 2.05) is 24.3 Å². The van der Waals surface area contributed by atoms with Gasteiger partial charge in [0.1, 0.15) is 5.75 Å². The number of nitrogens with zero attached hydrogens (tertiary/aromatic N) is 2. The monoisotopic (exact) mass is 353 g/mol. The standard InChI is InChI=1S/C20H23N3O3/c1-3-14(2)15-6-4-5-7-18(15)26-13-20(25)23-11-9-19(24)22-16-8-10-21-12-17(16)23/h4-8,10,12,14H,3,9,11,13H2,1-2H3,(H,22,24). The van der Waals surface area contributed by atoms with Gasteiger partial charge in [-0.05, 0) is 30.0 Å². The second-order valence-electron chi connectivity index (χ2n) is 6.37. The Labute approximate surface area is 153 Å². The number of fused-ring (bicyclic) bond motifs is 1. The number of pyridine rings is 1. The third-order valence-electron chi connectivity index (χ3n) is 4.64. The normalized spacial score (nSPS) is 14.8. The molecule has 2 amide bonds. The van der Waals surface area contributed by atoms with E-state index in [-0.39, 0.29) is 24.8 Å². The van der Waals surface area contributed by atoms with Crippen molar-refractivity contribution in [3.63, 3.8) is 0 Å². The minimum absolute atomic E-state index is 0.0873. The van der Waals surface area contributed by atoms with Gasteiger partial charge in [0.2, 0.25) is 5.91 Å². The van der Waals surface area contributed by atoms with Gasteiger partial charge < -0.3 is 15.0 Å². The number of aromatic nitrogens is 1. The summed E-state index contributed by atoms with van der Waals surface area (Å²) in [7, 11) is 0. The minimum Gasteiger partial charge on any atom is -0.483 e. The number of hydrogen-bond donors (Lipinski definition) is 1. The summed E-state index contributed by atoms with van der Waals surface area (Å²) in [5.74, 6) is 0.766. The molecule has 1 aliphatic rings. The Morgan fingerprint density at radius 2 is 2.15 bits per heavy atom. The molecule has 0 radical (unpaired) electrons. The molecule has 0 spiro atoms. The number of amides is 2. The average Bonchev–Trinajstić information content (AvgIpc) is 2.84. The van der Waals surface area contributed by atoms with Crippen LogP contribution in [0.5, 0.6) is 5.75 Å². The van der Waals surface area contributed by atoms with E-state index in [9.17, 15) is 9.59 Å². The van der Waals surface area contributed by atoms with E-state index in [0.29, 0.717) is 23.8 Å². The van der Waals surface area contributed by atoms with E-state index in [2.05, 4.69) is 24.1 Å².